The number of carbonyl (C=O) groups excluding carboxylic acids is 1. The Balaban J connectivity index is 2.13. The van der Waals surface area contributed by atoms with Crippen LogP contribution in [0.15, 0.2) is 0 Å². The van der Waals surface area contributed by atoms with Crippen LogP contribution in [0.1, 0.15) is 45.5 Å². The summed E-state index contributed by atoms with van der Waals surface area (Å²) >= 11 is 1.43. The maximum atomic E-state index is 12.3. The highest BCUT2D eigenvalue weighted by Crippen LogP contribution is 2.40. The van der Waals surface area contributed by atoms with E-state index in [0.29, 0.717) is 10.8 Å². The first-order valence-corrected chi connectivity index (χ1v) is 7.44. The van der Waals surface area contributed by atoms with Gasteiger partial charge in [-0.3, -0.25) is 9.63 Å². The van der Waals surface area contributed by atoms with Crippen LogP contribution in [-0.4, -0.2) is 35.1 Å². The largest absolute Gasteiger partial charge is 0.287 e. The van der Waals surface area contributed by atoms with E-state index in [4.69, 9.17) is 4.84 Å². The fraction of sp³-hybridized carbons (Fsp3) is 0.500. The topological polar surface area (TPSA) is 55.3 Å². The number of hydrogen-bond acceptors (Lipinski definition) is 5. The van der Waals surface area contributed by atoms with Gasteiger partial charge in [-0.05, 0) is 32.3 Å². The van der Waals surface area contributed by atoms with E-state index in [2.05, 4.69) is 9.97 Å². The highest BCUT2D eigenvalue weighted by Gasteiger charge is 2.29. The summed E-state index contributed by atoms with van der Waals surface area (Å²) < 4.78 is 0. The van der Waals surface area contributed by atoms with Crippen LogP contribution >= 0.6 is 11.3 Å². The second kappa shape index (κ2) is 4.79. The SMILES string of the molecule is CON(C)C(=O)c1sc2nc(C3CC3)nc(C)c2c1C. The lowest BCUT2D eigenvalue weighted by molar-refractivity contribution is -0.0754. The Labute approximate surface area is 121 Å². The van der Waals surface area contributed by atoms with Gasteiger partial charge < -0.3 is 0 Å². The molecule has 1 saturated carbocycles. The molecular formula is C14H17N3O2S. The molecular weight excluding hydrogens is 274 g/mol. The molecule has 0 aliphatic heterocycles. The summed E-state index contributed by atoms with van der Waals surface area (Å²) in [5.41, 5.74) is 1.91. The van der Waals surface area contributed by atoms with Gasteiger partial charge in [0.15, 0.2) is 0 Å². The molecule has 0 N–H and O–H groups in total. The summed E-state index contributed by atoms with van der Waals surface area (Å²) in [6, 6.07) is 0. The van der Waals surface area contributed by atoms with Crippen molar-refractivity contribution < 1.29 is 9.63 Å². The predicted octanol–water partition coefficient (Wildman–Crippen LogP) is 2.82. The van der Waals surface area contributed by atoms with Crippen molar-refractivity contribution in [1.29, 1.82) is 0 Å². The Morgan fingerprint density at radius 1 is 1.35 bits per heavy atom. The fourth-order valence-electron chi connectivity index (χ4n) is 2.31. The first-order valence-electron chi connectivity index (χ1n) is 6.62. The number of thiophene rings is 1. The normalized spacial score (nSPS) is 14.8. The zero-order valence-corrected chi connectivity index (χ0v) is 12.9. The fourth-order valence-corrected chi connectivity index (χ4v) is 3.52. The van der Waals surface area contributed by atoms with E-state index in [9.17, 15) is 4.79 Å². The maximum absolute atomic E-state index is 12.3. The average Bonchev–Trinajstić information content (AvgIpc) is 3.22. The molecule has 0 unspecified atom stereocenters. The van der Waals surface area contributed by atoms with Gasteiger partial charge in [0.1, 0.15) is 15.5 Å². The minimum absolute atomic E-state index is 0.139. The number of hydroxylamine groups is 2. The Kier molecular flexibility index (Phi) is 3.22. The van der Waals surface area contributed by atoms with Gasteiger partial charge in [0.25, 0.3) is 5.91 Å². The van der Waals surface area contributed by atoms with Crippen LogP contribution in [0.2, 0.25) is 0 Å². The molecule has 0 atom stereocenters. The number of hydrogen-bond donors (Lipinski definition) is 0. The molecule has 1 amide bonds. The molecule has 6 heteroatoms. The van der Waals surface area contributed by atoms with Crippen LogP contribution in [0, 0.1) is 13.8 Å². The summed E-state index contributed by atoms with van der Waals surface area (Å²) in [6.07, 6.45) is 2.35. The van der Waals surface area contributed by atoms with Crippen molar-refractivity contribution in [3.63, 3.8) is 0 Å². The number of nitrogens with zero attached hydrogens (tertiary/aromatic N) is 3. The van der Waals surface area contributed by atoms with Crippen molar-refractivity contribution in [2.45, 2.75) is 32.6 Å². The van der Waals surface area contributed by atoms with E-state index in [-0.39, 0.29) is 5.91 Å². The molecule has 106 valence electrons. The van der Waals surface area contributed by atoms with E-state index in [1.165, 1.54) is 36.4 Å². The number of fused-ring (bicyclic) bond motifs is 1. The van der Waals surface area contributed by atoms with Crippen LogP contribution in [0.25, 0.3) is 10.2 Å². The Morgan fingerprint density at radius 3 is 2.65 bits per heavy atom. The van der Waals surface area contributed by atoms with Gasteiger partial charge in [-0.15, -0.1) is 11.3 Å². The summed E-state index contributed by atoms with van der Waals surface area (Å²) in [7, 11) is 3.09. The molecule has 0 bridgehead atoms. The summed E-state index contributed by atoms with van der Waals surface area (Å²) in [5.74, 6) is 1.30. The summed E-state index contributed by atoms with van der Waals surface area (Å²) in [5, 5.41) is 2.25. The van der Waals surface area contributed by atoms with E-state index in [0.717, 1.165) is 27.3 Å². The van der Waals surface area contributed by atoms with E-state index in [1.54, 1.807) is 7.05 Å². The van der Waals surface area contributed by atoms with Crippen molar-refractivity contribution in [3.8, 4) is 0 Å². The van der Waals surface area contributed by atoms with Crippen LogP contribution in [-0.2, 0) is 4.84 Å². The summed E-state index contributed by atoms with van der Waals surface area (Å²) in [4.78, 5) is 28.1. The first kappa shape index (κ1) is 13.5. The van der Waals surface area contributed by atoms with Gasteiger partial charge in [0, 0.05) is 18.4 Å². The minimum Gasteiger partial charge on any atom is -0.274 e. The standard InChI is InChI=1S/C14H17N3O2S/c1-7-10-8(2)15-12(9-5-6-9)16-13(10)20-11(7)14(18)17(3)19-4/h9H,5-6H2,1-4H3. The molecule has 2 heterocycles. The number of carbonyl (C=O) groups is 1. The molecule has 1 aliphatic carbocycles. The van der Waals surface area contributed by atoms with Gasteiger partial charge in [0.05, 0.1) is 12.8 Å². The molecule has 1 fully saturated rings. The van der Waals surface area contributed by atoms with Crippen molar-refractivity contribution >= 4 is 27.5 Å². The second-order valence-electron chi connectivity index (χ2n) is 5.16. The lowest BCUT2D eigenvalue weighted by atomic mass is 10.1. The minimum atomic E-state index is -0.139. The Morgan fingerprint density at radius 2 is 2.05 bits per heavy atom. The summed E-state index contributed by atoms with van der Waals surface area (Å²) in [6.45, 7) is 3.94. The molecule has 2 aromatic rings. The highest BCUT2D eigenvalue weighted by atomic mass is 32.1. The molecule has 0 radical (unpaired) electrons. The molecule has 2 aromatic heterocycles. The molecule has 0 saturated heterocycles. The number of aromatic nitrogens is 2. The quantitative estimate of drug-likeness (QED) is 0.816. The smallest absolute Gasteiger partial charge is 0.274 e. The highest BCUT2D eigenvalue weighted by molar-refractivity contribution is 7.20. The van der Waals surface area contributed by atoms with Gasteiger partial charge >= 0.3 is 0 Å². The van der Waals surface area contributed by atoms with Gasteiger partial charge in [-0.1, -0.05) is 0 Å². The molecule has 0 aromatic carbocycles. The van der Waals surface area contributed by atoms with Crippen molar-refractivity contribution in [2.24, 2.45) is 0 Å². The van der Waals surface area contributed by atoms with E-state index < -0.39 is 0 Å². The van der Waals surface area contributed by atoms with Crippen molar-refractivity contribution in [2.75, 3.05) is 14.2 Å². The van der Waals surface area contributed by atoms with Crippen LogP contribution in [0.5, 0.6) is 0 Å². The Bertz CT molecular complexity index is 691. The molecule has 20 heavy (non-hydrogen) atoms. The molecule has 5 nitrogen and oxygen atoms in total. The third-order valence-electron chi connectivity index (χ3n) is 3.68. The average molecular weight is 291 g/mol. The van der Waals surface area contributed by atoms with Crippen LogP contribution < -0.4 is 0 Å². The first-order chi connectivity index (χ1) is 9.52. The predicted molar refractivity (Wildman–Crippen MR) is 78.0 cm³/mol. The van der Waals surface area contributed by atoms with Crippen molar-refractivity contribution in [1.82, 2.24) is 15.0 Å². The zero-order chi connectivity index (χ0) is 14.4. The van der Waals surface area contributed by atoms with Crippen LogP contribution in [0.4, 0.5) is 0 Å². The van der Waals surface area contributed by atoms with E-state index in [1.807, 2.05) is 13.8 Å². The van der Waals surface area contributed by atoms with E-state index >= 15 is 0 Å². The monoisotopic (exact) mass is 291 g/mol. The van der Waals surface area contributed by atoms with Gasteiger partial charge in [-0.25, -0.2) is 15.0 Å². The lowest BCUT2D eigenvalue weighted by Gasteiger charge is -2.12. The van der Waals surface area contributed by atoms with Crippen LogP contribution in [0.3, 0.4) is 0 Å². The Hall–Kier alpha value is -1.53. The third-order valence-corrected chi connectivity index (χ3v) is 4.86. The number of rotatable bonds is 3. The zero-order valence-electron chi connectivity index (χ0n) is 12.1. The van der Waals surface area contributed by atoms with Gasteiger partial charge in [-0.2, -0.15) is 0 Å². The van der Waals surface area contributed by atoms with Gasteiger partial charge in [0.2, 0.25) is 0 Å². The number of amides is 1. The molecule has 0 spiro atoms. The second-order valence-corrected chi connectivity index (χ2v) is 6.16. The maximum Gasteiger partial charge on any atom is 0.287 e. The lowest BCUT2D eigenvalue weighted by Crippen LogP contribution is -2.25. The molecule has 3 rings (SSSR count). The third kappa shape index (κ3) is 2.09. The number of aryl methyl sites for hydroxylation is 2. The van der Waals surface area contributed by atoms with Crippen molar-refractivity contribution in [3.05, 3.63) is 22.0 Å². The molecule has 1 aliphatic rings.